The third-order valence-electron chi connectivity index (χ3n) is 3.83. The van der Waals surface area contributed by atoms with E-state index in [2.05, 4.69) is 30.1 Å². The van der Waals surface area contributed by atoms with E-state index in [-0.39, 0.29) is 0 Å². The van der Waals surface area contributed by atoms with Crippen LogP contribution in [0.1, 0.15) is 0 Å². The van der Waals surface area contributed by atoms with Crippen LogP contribution < -0.4 is 9.80 Å². The van der Waals surface area contributed by atoms with Gasteiger partial charge in [0.25, 0.3) is 0 Å². The highest BCUT2D eigenvalue weighted by atomic mass is 35.5. The summed E-state index contributed by atoms with van der Waals surface area (Å²) in [6.07, 6.45) is 3.36. The Kier molecular flexibility index (Phi) is 3.27. The lowest BCUT2D eigenvalue weighted by Gasteiger charge is -2.36. The van der Waals surface area contributed by atoms with Crippen LogP contribution in [0.25, 0.3) is 5.65 Å². The molecule has 1 saturated heterocycles. The minimum absolute atomic E-state index is 0.527. The van der Waals surface area contributed by atoms with E-state index in [0.29, 0.717) is 5.15 Å². The van der Waals surface area contributed by atoms with Crippen LogP contribution in [0.15, 0.2) is 36.8 Å². The molecular formula is C14H14ClN7. The Morgan fingerprint density at radius 2 is 1.82 bits per heavy atom. The Morgan fingerprint density at radius 3 is 2.64 bits per heavy atom. The summed E-state index contributed by atoms with van der Waals surface area (Å²) in [4.78, 5) is 8.59. The van der Waals surface area contributed by atoms with E-state index >= 15 is 0 Å². The van der Waals surface area contributed by atoms with Gasteiger partial charge in [-0.05, 0) is 24.3 Å². The van der Waals surface area contributed by atoms with Crippen molar-refractivity contribution < 1.29 is 0 Å². The van der Waals surface area contributed by atoms with Gasteiger partial charge >= 0.3 is 0 Å². The van der Waals surface area contributed by atoms with E-state index < -0.39 is 0 Å². The zero-order valence-corrected chi connectivity index (χ0v) is 12.6. The second-order valence-corrected chi connectivity index (χ2v) is 5.52. The Bertz CT molecular complexity index is 794. The largest absolute Gasteiger partial charge is 0.368 e. The molecule has 0 spiro atoms. The molecular weight excluding hydrogens is 302 g/mol. The summed E-state index contributed by atoms with van der Waals surface area (Å²) in [6.45, 7) is 3.64. The van der Waals surface area contributed by atoms with Gasteiger partial charge < -0.3 is 9.80 Å². The molecule has 0 saturated carbocycles. The first-order valence-electron chi connectivity index (χ1n) is 7.08. The van der Waals surface area contributed by atoms with Gasteiger partial charge in [-0.3, -0.25) is 0 Å². The smallest absolute Gasteiger partial charge is 0.177 e. The lowest BCUT2D eigenvalue weighted by Crippen LogP contribution is -2.47. The quantitative estimate of drug-likeness (QED) is 0.668. The van der Waals surface area contributed by atoms with Crippen LogP contribution in [-0.4, -0.2) is 51.0 Å². The highest BCUT2D eigenvalue weighted by molar-refractivity contribution is 6.29. The number of piperazine rings is 1. The maximum atomic E-state index is 5.96. The molecule has 0 aromatic carbocycles. The van der Waals surface area contributed by atoms with Crippen LogP contribution in [0.3, 0.4) is 0 Å². The molecule has 0 atom stereocenters. The topological polar surface area (TPSA) is 62.5 Å². The summed E-state index contributed by atoms with van der Waals surface area (Å²) < 4.78 is 1.70. The molecule has 22 heavy (non-hydrogen) atoms. The molecule has 1 aliphatic heterocycles. The molecule has 0 radical (unpaired) electrons. The number of anilines is 2. The molecule has 3 aromatic heterocycles. The van der Waals surface area contributed by atoms with E-state index in [9.17, 15) is 0 Å². The molecule has 112 valence electrons. The summed E-state index contributed by atoms with van der Waals surface area (Å²) >= 11 is 5.96. The molecule has 4 rings (SSSR count). The normalized spacial score (nSPS) is 15.5. The van der Waals surface area contributed by atoms with Crippen LogP contribution in [-0.2, 0) is 0 Å². The van der Waals surface area contributed by atoms with Gasteiger partial charge in [-0.1, -0.05) is 11.6 Å². The van der Waals surface area contributed by atoms with Crippen molar-refractivity contribution in [3.8, 4) is 0 Å². The van der Waals surface area contributed by atoms with Crippen molar-refractivity contribution >= 4 is 28.8 Å². The molecule has 1 aliphatic rings. The van der Waals surface area contributed by atoms with Crippen molar-refractivity contribution in [2.75, 3.05) is 36.0 Å². The summed E-state index contributed by atoms with van der Waals surface area (Å²) in [5.74, 6) is 0.944. The molecule has 8 heteroatoms. The fourth-order valence-corrected chi connectivity index (χ4v) is 2.84. The molecule has 0 unspecified atom stereocenters. The predicted molar refractivity (Wildman–Crippen MR) is 84.5 cm³/mol. The second-order valence-electron chi connectivity index (χ2n) is 5.14. The van der Waals surface area contributed by atoms with E-state index in [1.165, 1.54) is 0 Å². The average molecular weight is 316 g/mol. The summed E-state index contributed by atoms with van der Waals surface area (Å²) in [6, 6.07) is 7.81. The molecule has 3 aromatic rings. The number of aromatic nitrogens is 5. The van der Waals surface area contributed by atoms with Gasteiger partial charge in [0.05, 0.1) is 0 Å². The Labute approximate surface area is 132 Å². The Morgan fingerprint density at radius 1 is 1.00 bits per heavy atom. The first-order valence-corrected chi connectivity index (χ1v) is 7.46. The molecule has 4 heterocycles. The second kappa shape index (κ2) is 5.42. The number of hydrogen-bond donors (Lipinski definition) is 0. The van der Waals surface area contributed by atoms with Gasteiger partial charge in [0, 0.05) is 38.1 Å². The third-order valence-corrected chi connectivity index (χ3v) is 4.03. The monoisotopic (exact) mass is 315 g/mol. The highest BCUT2D eigenvalue weighted by Gasteiger charge is 2.19. The number of rotatable bonds is 2. The summed E-state index contributed by atoms with van der Waals surface area (Å²) in [5.41, 5.74) is 1.87. The van der Waals surface area contributed by atoms with E-state index in [4.69, 9.17) is 11.6 Å². The SMILES string of the molecule is Clc1cc(N2CCN(c3ccc4nncn4n3)CC2)ccn1. The minimum Gasteiger partial charge on any atom is -0.368 e. The highest BCUT2D eigenvalue weighted by Crippen LogP contribution is 2.21. The minimum atomic E-state index is 0.527. The van der Waals surface area contributed by atoms with Crippen molar-refractivity contribution in [3.63, 3.8) is 0 Å². The maximum Gasteiger partial charge on any atom is 0.177 e. The molecule has 7 nitrogen and oxygen atoms in total. The van der Waals surface area contributed by atoms with Crippen molar-refractivity contribution in [2.24, 2.45) is 0 Å². The van der Waals surface area contributed by atoms with Crippen molar-refractivity contribution in [3.05, 3.63) is 41.9 Å². The number of fused-ring (bicyclic) bond motifs is 1. The van der Waals surface area contributed by atoms with Crippen LogP contribution >= 0.6 is 11.6 Å². The van der Waals surface area contributed by atoms with Crippen LogP contribution in [0.5, 0.6) is 0 Å². The number of pyridine rings is 1. The van der Waals surface area contributed by atoms with E-state index in [1.807, 2.05) is 24.3 Å². The number of hydrogen-bond acceptors (Lipinski definition) is 6. The van der Waals surface area contributed by atoms with Gasteiger partial charge in [0.1, 0.15) is 17.3 Å². The molecule has 0 amide bonds. The molecule has 1 fully saturated rings. The maximum absolute atomic E-state index is 5.96. The summed E-state index contributed by atoms with van der Waals surface area (Å²) in [5, 5.41) is 12.9. The zero-order chi connectivity index (χ0) is 14.9. The van der Waals surface area contributed by atoms with E-state index in [1.54, 1.807) is 17.0 Å². The molecule has 0 bridgehead atoms. The molecule has 0 N–H and O–H groups in total. The van der Waals surface area contributed by atoms with Gasteiger partial charge in [-0.15, -0.1) is 15.3 Å². The van der Waals surface area contributed by atoms with Crippen molar-refractivity contribution in [1.82, 2.24) is 24.8 Å². The van der Waals surface area contributed by atoms with E-state index in [0.717, 1.165) is 43.3 Å². The Hall–Kier alpha value is -2.41. The average Bonchev–Trinajstić information content (AvgIpc) is 3.02. The molecule has 0 aliphatic carbocycles. The predicted octanol–water partition coefficient (Wildman–Crippen LogP) is 1.50. The fourth-order valence-electron chi connectivity index (χ4n) is 2.67. The Balaban J connectivity index is 1.49. The zero-order valence-electron chi connectivity index (χ0n) is 11.8. The lowest BCUT2D eigenvalue weighted by atomic mass is 10.2. The van der Waals surface area contributed by atoms with Crippen LogP contribution in [0.2, 0.25) is 5.15 Å². The van der Waals surface area contributed by atoms with Gasteiger partial charge in [0.2, 0.25) is 0 Å². The standard InChI is InChI=1S/C14H14ClN7/c15-12-9-11(3-4-16-12)20-5-7-21(8-6-20)14-2-1-13-18-17-10-22(13)19-14/h1-4,9-10H,5-8H2. The fraction of sp³-hybridized carbons (Fsp3) is 0.286. The van der Waals surface area contributed by atoms with Crippen LogP contribution in [0, 0.1) is 0 Å². The van der Waals surface area contributed by atoms with Crippen molar-refractivity contribution in [2.45, 2.75) is 0 Å². The van der Waals surface area contributed by atoms with Crippen LogP contribution in [0.4, 0.5) is 11.5 Å². The first kappa shape index (κ1) is 13.3. The van der Waals surface area contributed by atoms with Gasteiger partial charge in [0.15, 0.2) is 5.65 Å². The van der Waals surface area contributed by atoms with Gasteiger partial charge in [-0.2, -0.15) is 4.52 Å². The lowest BCUT2D eigenvalue weighted by molar-refractivity contribution is 0.641. The number of halogens is 1. The number of nitrogens with zero attached hydrogens (tertiary/aromatic N) is 7. The third kappa shape index (κ3) is 2.43. The van der Waals surface area contributed by atoms with Gasteiger partial charge in [-0.25, -0.2) is 4.98 Å². The summed E-state index contributed by atoms with van der Waals surface area (Å²) in [7, 11) is 0. The first-order chi connectivity index (χ1) is 10.8. The van der Waals surface area contributed by atoms with Crippen molar-refractivity contribution in [1.29, 1.82) is 0 Å².